The minimum Gasteiger partial charge on any atom is -0.507 e. The molecule has 5 rings (SSSR count). The number of hydrogen-bond donors (Lipinski definition) is 1. The number of benzene rings is 2. The maximum atomic E-state index is 13.9. The molecule has 1 aliphatic heterocycles. The first-order valence-corrected chi connectivity index (χ1v) is 12.1. The molecule has 0 aliphatic carbocycles. The molecule has 1 aliphatic rings. The fourth-order valence-electron chi connectivity index (χ4n) is 4.98. The van der Waals surface area contributed by atoms with Crippen LogP contribution in [0.15, 0.2) is 90.0 Å². The quantitative estimate of drug-likeness (QED) is 0.441. The van der Waals surface area contributed by atoms with Crippen LogP contribution in [0.3, 0.4) is 0 Å². The van der Waals surface area contributed by atoms with Crippen LogP contribution in [0.1, 0.15) is 28.4 Å². The Morgan fingerprint density at radius 3 is 2.28 bits per heavy atom. The van der Waals surface area contributed by atoms with E-state index < -0.39 is 6.04 Å². The molecule has 7 heteroatoms. The van der Waals surface area contributed by atoms with Gasteiger partial charge < -0.3 is 14.6 Å². The number of aryl methyl sites for hydroxylation is 1. The molecule has 1 saturated heterocycles. The van der Waals surface area contributed by atoms with Gasteiger partial charge in [-0.3, -0.25) is 14.7 Å². The lowest BCUT2D eigenvalue weighted by molar-refractivity contribution is 0.207. The Bertz CT molecular complexity index is 1370. The molecule has 1 fully saturated rings. The Morgan fingerprint density at radius 1 is 0.944 bits per heavy atom. The van der Waals surface area contributed by atoms with E-state index in [1.54, 1.807) is 35.2 Å². The number of aromatic nitrogens is 2. The largest absolute Gasteiger partial charge is 0.507 e. The molecular weight excluding hydrogens is 455 g/mol. The molecule has 3 heterocycles. The Hall–Kier alpha value is -3.97. The van der Waals surface area contributed by atoms with Crippen LogP contribution in [0.4, 0.5) is 10.1 Å². The van der Waals surface area contributed by atoms with E-state index in [0.717, 1.165) is 29.9 Å². The first-order chi connectivity index (χ1) is 17.5. The van der Waals surface area contributed by atoms with Crippen LogP contribution in [-0.4, -0.2) is 45.7 Å². The first-order valence-electron chi connectivity index (χ1n) is 12.1. The molecule has 0 amide bonds. The van der Waals surface area contributed by atoms with Gasteiger partial charge in [-0.1, -0.05) is 30.3 Å². The minimum absolute atomic E-state index is 0.00425. The van der Waals surface area contributed by atoms with Crippen LogP contribution >= 0.6 is 0 Å². The van der Waals surface area contributed by atoms with Crippen molar-refractivity contribution in [2.75, 3.05) is 31.1 Å². The van der Waals surface area contributed by atoms with Crippen molar-refractivity contribution in [2.24, 2.45) is 0 Å². The summed E-state index contributed by atoms with van der Waals surface area (Å²) < 4.78 is 15.1. The van der Waals surface area contributed by atoms with E-state index in [-0.39, 0.29) is 17.1 Å². The zero-order valence-corrected chi connectivity index (χ0v) is 20.2. The van der Waals surface area contributed by atoms with Crippen molar-refractivity contribution < 1.29 is 9.50 Å². The topological polar surface area (TPSA) is 61.6 Å². The lowest BCUT2D eigenvalue weighted by atomic mass is 9.96. The van der Waals surface area contributed by atoms with E-state index in [0.29, 0.717) is 30.9 Å². The summed E-state index contributed by atoms with van der Waals surface area (Å²) in [4.78, 5) is 22.5. The molecule has 6 nitrogen and oxygen atoms in total. The molecule has 0 bridgehead atoms. The van der Waals surface area contributed by atoms with Gasteiger partial charge in [0.05, 0.1) is 18.2 Å². The van der Waals surface area contributed by atoms with Crippen LogP contribution in [0.25, 0.3) is 0 Å². The summed E-state index contributed by atoms with van der Waals surface area (Å²) in [7, 11) is 0. The molecule has 4 aromatic rings. The lowest BCUT2D eigenvalue weighted by Gasteiger charge is -2.40. The number of nitrogens with zero attached hydrogens (tertiary/aromatic N) is 4. The second kappa shape index (κ2) is 10.3. The average molecular weight is 485 g/mol. The highest BCUT2D eigenvalue weighted by molar-refractivity contribution is 5.47. The van der Waals surface area contributed by atoms with Crippen LogP contribution in [0, 0.1) is 12.7 Å². The normalized spacial score (nSPS) is 15.1. The second-order valence-corrected chi connectivity index (χ2v) is 9.14. The van der Waals surface area contributed by atoms with E-state index in [2.05, 4.69) is 14.8 Å². The summed E-state index contributed by atoms with van der Waals surface area (Å²) in [5.74, 6) is -0.249. The summed E-state index contributed by atoms with van der Waals surface area (Å²) >= 11 is 0. The van der Waals surface area contributed by atoms with Gasteiger partial charge in [0, 0.05) is 50.0 Å². The monoisotopic (exact) mass is 484 g/mol. The van der Waals surface area contributed by atoms with Gasteiger partial charge in [0.15, 0.2) is 0 Å². The lowest BCUT2D eigenvalue weighted by Crippen LogP contribution is -2.49. The van der Waals surface area contributed by atoms with Crippen LogP contribution in [-0.2, 0) is 6.54 Å². The molecule has 184 valence electrons. The zero-order chi connectivity index (χ0) is 25.1. The average Bonchev–Trinajstić information content (AvgIpc) is 2.91. The standard InChI is InChI=1S/C29H29FN4O2/c1-21-19-26(35)27(29(36)34(21)20-22-5-3-2-4-6-22)28(23-11-13-31-14-12-23)33-17-15-32(16-18-33)25-9-7-24(30)8-10-25/h2-14,19,28,35H,15-18,20H2,1H3. The summed E-state index contributed by atoms with van der Waals surface area (Å²) in [6.45, 7) is 5.07. The Balaban J connectivity index is 1.50. The van der Waals surface area contributed by atoms with Crippen molar-refractivity contribution in [2.45, 2.75) is 19.5 Å². The SMILES string of the molecule is Cc1cc(O)c(C(c2ccncc2)N2CCN(c3ccc(F)cc3)CC2)c(=O)n1Cc1ccccc1. The number of anilines is 1. The fourth-order valence-corrected chi connectivity index (χ4v) is 4.98. The number of hydrogen-bond acceptors (Lipinski definition) is 5. The van der Waals surface area contributed by atoms with Crippen molar-refractivity contribution in [3.63, 3.8) is 0 Å². The second-order valence-electron chi connectivity index (χ2n) is 9.14. The highest BCUT2D eigenvalue weighted by Gasteiger charge is 2.31. The maximum absolute atomic E-state index is 13.9. The van der Waals surface area contributed by atoms with Gasteiger partial charge in [-0.2, -0.15) is 0 Å². The summed E-state index contributed by atoms with van der Waals surface area (Å²) in [5.41, 5.74) is 3.78. The van der Waals surface area contributed by atoms with Crippen LogP contribution < -0.4 is 10.5 Å². The maximum Gasteiger partial charge on any atom is 0.259 e. The van der Waals surface area contributed by atoms with Crippen LogP contribution in [0.5, 0.6) is 5.75 Å². The van der Waals surface area contributed by atoms with E-state index in [9.17, 15) is 14.3 Å². The summed E-state index contributed by atoms with van der Waals surface area (Å²) in [5, 5.41) is 11.1. The third kappa shape index (κ3) is 4.88. The molecule has 2 aromatic carbocycles. The molecule has 1 atom stereocenters. The Labute approximate surface area is 209 Å². The van der Waals surface area contributed by atoms with Gasteiger partial charge >= 0.3 is 0 Å². The van der Waals surface area contributed by atoms with E-state index in [1.807, 2.05) is 49.4 Å². The van der Waals surface area contributed by atoms with Crippen LogP contribution in [0.2, 0.25) is 0 Å². The molecule has 36 heavy (non-hydrogen) atoms. The van der Waals surface area contributed by atoms with Gasteiger partial charge in [0.1, 0.15) is 11.6 Å². The highest BCUT2D eigenvalue weighted by atomic mass is 19.1. The molecule has 0 spiro atoms. The minimum atomic E-state index is -0.418. The van der Waals surface area contributed by atoms with E-state index >= 15 is 0 Å². The van der Waals surface area contributed by atoms with Gasteiger partial charge in [-0.25, -0.2) is 4.39 Å². The molecule has 0 saturated carbocycles. The third-order valence-corrected chi connectivity index (χ3v) is 6.87. The number of pyridine rings is 2. The number of rotatable bonds is 6. The highest BCUT2D eigenvalue weighted by Crippen LogP contribution is 2.33. The summed E-state index contributed by atoms with van der Waals surface area (Å²) in [6.07, 6.45) is 3.43. The van der Waals surface area contributed by atoms with E-state index in [4.69, 9.17) is 0 Å². The number of halogens is 1. The molecule has 2 aromatic heterocycles. The third-order valence-electron chi connectivity index (χ3n) is 6.87. The number of piperazine rings is 1. The molecule has 0 radical (unpaired) electrons. The Kier molecular flexibility index (Phi) is 6.82. The van der Waals surface area contributed by atoms with E-state index in [1.165, 1.54) is 12.1 Å². The molecule has 1 N–H and O–H groups in total. The van der Waals surface area contributed by atoms with Gasteiger partial charge in [-0.05, 0) is 60.5 Å². The zero-order valence-electron chi connectivity index (χ0n) is 20.2. The van der Waals surface area contributed by atoms with Crippen molar-refractivity contribution >= 4 is 5.69 Å². The smallest absolute Gasteiger partial charge is 0.259 e. The van der Waals surface area contributed by atoms with Gasteiger partial charge in [-0.15, -0.1) is 0 Å². The first kappa shape index (κ1) is 23.8. The Morgan fingerprint density at radius 2 is 1.61 bits per heavy atom. The van der Waals surface area contributed by atoms with Gasteiger partial charge in [0.25, 0.3) is 5.56 Å². The summed E-state index contributed by atoms with van der Waals surface area (Å²) in [6, 6.07) is 21.4. The molecular formula is C29H29FN4O2. The van der Waals surface area contributed by atoms with Gasteiger partial charge in [0.2, 0.25) is 0 Å². The van der Waals surface area contributed by atoms with Crippen molar-refractivity contribution in [1.29, 1.82) is 0 Å². The number of aromatic hydroxyl groups is 1. The predicted molar refractivity (Wildman–Crippen MR) is 139 cm³/mol. The fraction of sp³-hybridized carbons (Fsp3) is 0.241. The predicted octanol–water partition coefficient (Wildman–Crippen LogP) is 4.36. The van der Waals surface area contributed by atoms with Crippen molar-refractivity contribution in [1.82, 2.24) is 14.5 Å². The van der Waals surface area contributed by atoms with Crippen molar-refractivity contribution in [3.8, 4) is 5.75 Å². The molecule has 1 unspecified atom stereocenters. The van der Waals surface area contributed by atoms with Crippen molar-refractivity contribution in [3.05, 3.63) is 124 Å².